The van der Waals surface area contributed by atoms with Crippen LogP contribution < -0.4 is 0 Å². The van der Waals surface area contributed by atoms with Crippen LogP contribution in [-0.2, 0) is 6.42 Å². The first-order valence-corrected chi connectivity index (χ1v) is 8.04. The van der Waals surface area contributed by atoms with Crippen LogP contribution in [0.1, 0.15) is 15.2 Å². The Bertz CT molecular complexity index is 563. The number of thiophene rings is 1. The lowest BCUT2D eigenvalue weighted by Gasteiger charge is -2.03. The Morgan fingerprint density at radius 3 is 2.47 bits per heavy atom. The Hall–Kier alpha value is 0.0300. The summed E-state index contributed by atoms with van der Waals surface area (Å²) in [5, 5.41) is 1.98. The van der Waals surface area contributed by atoms with Gasteiger partial charge in [-0.25, -0.2) is 0 Å². The van der Waals surface area contributed by atoms with E-state index in [1.54, 1.807) is 11.3 Å². The number of rotatable bonds is 3. The van der Waals surface area contributed by atoms with E-state index in [4.69, 9.17) is 0 Å². The van der Waals surface area contributed by atoms with Crippen molar-refractivity contribution in [3.05, 3.63) is 53.5 Å². The molecule has 2 rings (SSSR count). The second-order valence-corrected chi connectivity index (χ2v) is 7.04. The van der Waals surface area contributed by atoms with Gasteiger partial charge in [-0.1, -0.05) is 31.9 Å². The van der Waals surface area contributed by atoms with Gasteiger partial charge in [0.1, 0.15) is 0 Å². The van der Waals surface area contributed by atoms with Gasteiger partial charge in [0.2, 0.25) is 0 Å². The third-order valence-electron chi connectivity index (χ3n) is 2.24. The Kier molecular flexibility index (Phi) is 4.58. The molecule has 17 heavy (non-hydrogen) atoms. The van der Waals surface area contributed by atoms with E-state index >= 15 is 0 Å². The Balaban J connectivity index is 2.23. The van der Waals surface area contributed by atoms with Crippen molar-refractivity contribution in [3.63, 3.8) is 0 Å². The average molecular weight is 439 g/mol. The predicted molar refractivity (Wildman–Crippen MR) is 81.9 cm³/mol. The highest BCUT2D eigenvalue weighted by Gasteiger charge is 2.13. The highest BCUT2D eigenvalue weighted by atomic mass is 79.9. The molecule has 0 spiro atoms. The molecule has 1 heterocycles. The summed E-state index contributed by atoms with van der Waals surface area (Å²) < 4.78 is 2.78. The van der Waals surface area contributed by atoms with E-state index in [1.807, 2.05) is 29.6 Å². The zero-order chi connectivity index (χ0) is 12.4. The largest absolute Gasteiger partial charge is 0.294 e. The lowest BCUT2D eigenvalue weighted by Crippen LogP contribution is -2.03. The molecule has 0 unspecified atom stereocenters. The molecule has 0 amide bonds. The molecule has 0 aliphatic rings. The van der Waals surface area contributed by atoms with E-state index in [0.29, 0.717) is 12.0 Å². The fraction of sp³-hybridized carbons (Fsp3) is 0.0833. The topological polar surface area (TPSA) is 17.1 Å². The molecule has 1 aromatic carbocycles. The summed E-state index contributed by atoms with van der Waals surface area (Å²) in [6.07, 6.45) is 0.429. The minimum atomic E-state index is 0.118. The van der Waals surface area contributed by atoms with E-state index in [2.05, 4.69) is 47.8 Å². The van der Waals surface area contributed by atoms with Crippen molar-refractivity contribution >= 4 is 64.9 Å². The number of ketones is 1. The molecule has 0 saturated heterocycles. The van der Waals surface area contributed by atoms with Crippen LogP contribution in [0, 0.1) is 0 Å². The lowest BCUT2D eigenvalue weighted by atomic mass is 10.1. The zero-order valence-corrected chi connectivity index (χ0v) is 14.1. The van der Waals surface area contributed by atoms with E-state index in [9.17, 15) is 4.79 Å². The number of hydrogen-bond acceptors (Lipinski definition) is 2. The van der Waals surface area contributed by atoms with Crippen molar-refractivity contribution in [1.82, 2.24) is 0 Å². The third-order valence-corrected chi connectivity index (χ3v) is 5.32. The summed E-state index contributed by atoms with van der Waals surface area (Å²) in [6.45, 7) is 0. The second kappa shape index (κ2) is 5.78. The molecule has 88 valence electrons. The molecule has 0 radical (unpaired) electrons. The first-order valence-electron chi connectivity index (χ1n) is 4.78. The summed E-state index contributed by atoms with van der Waals surface area (Å²) in [6, 6.07) is 7.56. The highest BCUT2D eigenvalue weighted by Crippen LogP contribution is 2.27. The van der Waals surface area contributed by atoms with Crippen LogP contribution in [-0.4, -0.2) is 5.78 Å². The van der Waals surface area contributed by atoms with E-state index < -0.39 is 0 Å². The van der Waals surface area contributed by atoms with Crippen molar-refractivity contribution in [1.29, 1.82) is 0 Å². The fourth-order valence-electron chi connectivity index (χ4n) is 1.41. The van der Waals surface area contributed by atoms with E-state index in [0.717, 1.165) is 18.3 Å². The standard InChI is InChI=1S/C12H7Br3OS/c13-7-1-2-8(10(15)5-7)11(16)6-12-9(14)3-4-17-12/h1-5H,6H2. The summed E-state index contributed by atoms with van der Waals surface area (Å²) in [5.74, 6) is 0.118. The number of carbonyl (C=O) groups is 1. The van der Waals surface area contributed by atoms with Gasteiger partial charge in [-0.3, -0.25) is 4.79 Å². The number of Topliss-reactive ketones (excluding diaryl/α,β-unsaturated/α-hetero) is 1. The molecule has 1 aromatic heterocycles. The van der Waals surface area contributed by atoms with Crippen LogP contribution in [0.2, 0.25) is 0 Å². The van der Waals surface area contributed by atoms with Crippen molar-refractivity contribution in [2.24, 2.45) is 0 Å². The van der Waals surface area contributed by atoms with Gasteiger partial charge in [0.05, 0.1) is 0 Å². The normalized spacial score (nSPS) is 10.5. The maximum Gasteiger partial charge on any atom is 0.169 e. The van der Waals surface area contributed by atoms with Crippen LogP contribution in [0.3, 0.4) is 0 Å². The Labute approximate surface area is 129 Å². The average Bonchev–Trinajstić information content (AvgIpc) is 2.64. The number of carbonyl (C=O) groups excluding carboxylic acids is 1. The number of benzene rings is 1. The SMILES string of the molecule is O=C(Cc1sccc1Br)c1ccc(Br)cc1Br. The summed E-state index contributed by atoms with van der Waals surface area (Å²) >= 11 is 11.8. The molecular weight excluding hydrogens is 432 g/mol. The molecule has 0 fully saturated rings. The van der Waals surface area contributed by atoms with Crippen LogP contribution in [0.15, 0.2) is 43.1 Å². The van der Waals surface area contributed by atoms with Gasteiger partial charge in [0.25, 0.3) is 0 Å². The van der Waals surface area contributed by atoms with Crippen molar-refractivity contribution < 1.29 is 4.79 Å². The van der Waals surface area contributed by atoms with Crippen molar-refractivity contribution in [3.8, 4) is 0 Å². The van der Waals surface area contributed by atoms with Gasteiger partial charge in [-0.2, -0.15) is 0 Å². The van der Waals surface area contributed by atoms with Gasteiger partial charge >= 0.3 is 0 Å². The van der Waals surface area contributed by atoms with E-state index in [1.165, 1.54) is 0 Å². The smallest absolute Gasteiger partial charge is 0.169 e. The fourth-order valence-corrected chi connectivity index (χ4v) is 4.17. The van der Waals surface area contributed by atoms with Crippen molar-refractivity contribution in [2.75, 3.05) is 0 Å². The summed E-state index contributed by atoms with van der Waals surface area (Å²) in [7, 11) is 0. The molecule has 0 N–H and O–H groups in total. The van der Waals surface area contributed by atoms with Crippen LogP contribution >= 0.6 is 59.1 Å². The molecule has 1 nitrogen and oxygen atoms in total. The molecule has 0 bridgehead atoms. The second-order valence-electron chi connectivity index (χ2n) is 3.42. The van der Waals surface area contributed by atoms with Gasteiger partial charge in [-0.05, 0) is 45.6 Å². The molecule has 0 aliphatic heterocycles. The molecule has 0 atom stereocenters. The van der Waals surface area contributed by atoms with Gasteiger partial charge in [-0.15, -0.1) is 11.3 Å². The van der Waals surface area contributed by atoms with Gasteiger partial charge < -0.3 is 0 Å². The minimum absolute atomic E-state index is 0.118. The third kappa shape index (κ3) is 3.28. The van der Waals surface area contributed by atoms with Crippen LogP contribution in [0.25, 0.3) is 0 Å². The summed E-state index contributed by atoms with van der Waals surface area (Å²) in [4.78, 5) is 13.2. The Morgan fingerprint density at radius 1 is 1.12 bits per heavy atom. The quantitative estimate of drug-likeness (QED) is 0.581. The monoisotopic (exact) mass is 436 g/mol. The maximum atomic E-state index is 12.1. The molecule has 2 aromatic rings. The molecule has 0 aliphatic carbocycles. The molecule has 0 saturated carbocycles. The van der Waals surface area contributed by atoms with Crippen LogP contribution in [0.5, 0.6) is 0 Å². The Morgan fingerprint density at radius 2 is 1.88 bits per heavy atom. The highest BCUT2D eigenvalue weighted by molar-refractivity contribution is 9.11. The first-order chi connectivity index (χ1) is 8.08. The predicted octanol–water partition coefficient (Wildman–Crippen LogP) is 5.46. The minimum Gasteiger partial charge on any atom is -0.294 e. The molecule has 5 heteroatoms. The van der Waals surface area contributed by atoms with Gasteiger partial charge in [0.15, 0.2) is 5.78 Å². The van der Waals surface area contributed by atoms with Crippen LogP contribution in [0.4, 0.5) is 0 Å². The zero-order valence-electron chi connectivity index (χ0n) is 8.54. The van der Waals surface area contributed by atoms with Gasteiger partial charge in [0, 0.05) is 30.3 Å². The lowest BCUT2D eigenvalue weighted by molar-refractivity contribution is 0.0993. The number of hydrogen-bond donors (Lipinski definition) is 0. The first kappa shape index (κ1) is 13.5. The van der Waals surface area contributed by atoms with Crippen molar-refractivity contribution in [2.45, 2.75) is 6.42 Å². The number of halogens is 3. The van der Waals surface area contributed by atoms with E-state index in [-0.39, 0.29) is 5.78 Å². The summed E-state index contributed by atoms with van der Waals surface area (Å²) in [5.41, 5.74) is 0.716. The maximum absolute atomic E-state index is 12.1. The molecular formula is C12H7Br3OS.